The standard InChI is InChI=1S/C19H17Cl2N3O3/c20-14-3-1-2-13(9-14)17(27)19(6-7-22-11-19)24-18-15(21)8-12(10-23-18)4-5-16(25)26/h1-5,8-10,22H,6-7,11H2,(H,23,24)(H,25,26)/b5-4+/t19-/m1/s1. The Morgan fingerprint density at radius 3 is 2.74 bits per heavy atom. The molecule has 1 aliphatic heterocycles. The van der Waals surface area contributed by atoms with Gasteiger partial charge in [-0.3, -0.25) is 4.79 Å². The number of carbonyl (C=O) groups excluding carboxylic acids is 1. The third-order valence-electron chi connectivity index (χ3n) is 4.32. The molecule has 3 N–H and O–H groups in total. The van der Waals surface area contributed by atoms with Crippen molar-refractivity contribution in [3.05, 3.63) is 63.8 Å². The number of carbonyl (C=O) groups is 2. The van der Waals surface area contributed by atoms with Crippen molar-refractivity contribution < 1.29 is 14.7 Å². The van der Waals surface area contributed by atoms with Gasteiger partial charge < -0.3 is 15.7 Å². The third-order valence-corrected chi connectivity index (χ3v) is 4.84. The summed E-state index contributed by atoms with van der Waals surface area (Å²) in [6, 6.07) is 8.41. The fourth-order valence-corrected chi connectivity index (χ4v) is 3.40. The van der Waals surface area contributed by atoms with Gasteiger partial charge >= 0.3 is 5.97 Å². The van der Waals surface area contributed by atoms with Crippen molar-refractivity contribution in [2.75, 3.05) is 18.4 Å². The number of pyridine rings is 1. The maximum atomic E-state index is 13.2. The first-order chi connectivity index (χ1) is 12.9. The minimum Gasteiger partial charge on any atom is -0.478 e. The van der Waals surface area contributed by atoms with Gasteiger partial charge in [0.25, 0.3) is 0 Å². The Bertz CT molecular complexity index is 909. The van der Waals surface area contributed by atoms with Gasteiger partial charge in [-0.15, -0.1) is 0 Å². The van der Waals surface area contributed by atoms with E-state index in [0.717, 1.165) is 6.08 Å². The van der Waals surface area contributed by atoms with Crippen molar-refractivity contribution in [2.24, 2.45) is 0 Å². The molecular weight excluding hydrogens is 389 g/mol. The van der Waals surface area contributed by atoms with E-state index >= 15 is 0 Å². The predicted octanol–water partition coefficient (Wildman–Crippen LogP) is 3.51. The summed E-state index contributed by atoms with van der Waals surface area (Å²) < 4.78 is 0. The highest BCUT2D eigenvalue weighted by Gasteiger charge is 2.42. The second-order valence-electron chi connectivity index (χ2n) is 6.24. The van der Waals surface area contributed by atoms with Gasteiger partial charge in [0.05, 0.1) is 5.02 Å². The van der Waals surface area contributed by atoms with Crippen molar-refractivity contribution in [1.82, 2.24) is 10.3 Å². The molecule has 0 bridgehead atoms. The molecule has 6 nitrogen and oxygen atoms in total. The highest BCUT2D eigenvalue weighted by Crippen LogP contribution is 2.30. The second-order valence-corrected chi connectivity index (χ2v) is 7.09. The fraction of sp³-hybridized carbons (Fsp3) is 0.211. The number of halogens is 2. The number of Topliss-reactive ketones (excluding diaryl/α,β-unsaturated/α-hetero) is 1. The number of ketones is 1. The Labute approximate surface area is 166 Å². The maximum absolute atomic E-state index is 13.2. The molecule has 3 rings (SSSR count). The van der Waals surface area contributed by atoms with E-state index in [4.69, 9.17) is 28.3 Å². The predicted molar refractivity (Wildman–Crippen MR) is 106 cm³/mol. The van der Waals surface area contributed by atoms with E-state index in [1.165, 1.54) is 12.3 Å². The summed E-state index contributed by atoms with van der Waals surface area (Å²) in [5, 5.41) is 15.9. The van der Waals surface area contributed by atoms with Crippen molar-refractivity contribution >= 4 is 46.8 Å². The second kappa shape index (κ2) is 8.08. The Balaban J connectivity index is 1.88. The topological polar surface area (TPSA) is 91.3 Å². The average Bonchev–Trinajstić information content (AvgIpc) is 3.11. The Morgan fingerprint density at radius 2 is 2.11 bits per heavy atom. The lowest BCUT2D eigenvalue weighted by Crippen LogP contribution is -2.48. The van der Waals surface area contributed by atoms with Crippen LogP contribution in [0.25, 0.3) is 6.08 Å². The molecule has 0 radical (unpaired) electrons. The van der Waals surface area contributed by atoms with Crippen LogP contribution in [0, 0.1) is 0 Å². The number of aromatic nitrogens is 1. The van der Waals surface area contributed by atoms with Gasteiger partial charge in [-0.1, -0.05) is 35.3 Å². The molecule has 0 spiro atoms. The lowest BCUT2D eigenvalue weighted by molar-refractivity contribution is -0.131. The van der Waals surface area contributed by atoms with E-state index in [0.29, 0.717) is 46.5 Å². The van der Waals surface area contributed by atoms with E-state index in [-0.39, 0.29) is 5.78 Å². The minimum absolute atomic E-state index is 0.0947. The number of hydrogen-bond acceptors (Lipinski definition) is 5. The van der Waals surface area contributed by atoms with Crippen LogP contribution in [0.4, 0.5) is 5.82 Å². The van der Waals surface area contributed by atoms with E-state index < -0.39 is 11.5 Å². The zero-order valence-corrected chi connectivity index (χ0v) is 15.7. The van der Waals surface area contributed by atoms with Crippen molar-refractivity contribution in [1.29, 1.82) is 0 Å². The smallest absolute Gasteiger partial charge is 0.328 e. The molecule has 0 unspecified atom stereocenters. The first kappa shape index (κ1) is 19.4. The first-order valence-corrected chi connectivity index (χ1v) is 9.01. The monoisotopic (exact) mass is 405 g/mol. The maximum Gasteiger partial charge on any atom is 0.328 e. The molecular formula is C19H17Cl2N3O3. The van der Waals surface area contributed by atoms with E-state index in [2.05, 4.69) is 15.6 Å². The van der Waals surface area contributed by atoms with E-state index in [9.17, 15) is 9.59 Å². The Morgan fingerprint density at radius 1 is 1.30 bits per heavy atom. The fourth-order valence-electron chi connectivity index (χ4n) is 2.99. The number of anilines is 1. The molecule has 8 heteroatoms. The molecule has 1 atom stereocenters. The van der Waals surface area contributed by atoms with Crippen LogP contribution < -0.4 is 10.6 Å². The van der Waals surface area contributed by atoms with Crippen LogP contribution in [0.1, 0.15) is 22.3 Å². The number of benzene rings is 1. The average molecular weight is 406 g/mol. The zero-order valence-electron chi connectivity index (χ0n) is 14.2. The number of nitrogens with zero attached hydrogens (tertiary/aromatic N) is 1. The van der Waals surface area contributed by atoms with Gasteiger partial charge in [0.15, 0.2) is 5.78 Å². The lowest BCUT2D eigenvalue weighted by atomic mass is 9.88. The molecule has 0 amide bonds. The summed E-state index contributed by atoms with van der Waals surface area (Å²) in [6.45, 7) is 1.10. The molecule has 1 saturated heterocycles. The Kier molecular flexibility index (Phi) is 5.79. The summed E-state index contributed by atoms with van der Waals surface area (Å²) in [5.41, 5.74) is 0.170. The molecule has 2 aromatic rings. The largest absolute Gasteiger partial charge is 0.478 e. The van der Waals surface area contributed by atoms with Gasteiger partial charge in [-0.2, -0.15) is 0 Å². The SMILES string of the molecule is O=C(O)/C=C/c1cnc(N[C@]2(C(=O)c3cccc(Cl)c3)CCNC2)c(Cl)c1. The van der Waals surface area contributed by atoms with Crippen LogP contribution in [0.5, 0.6) is 0 Å². The number of carboxylic acids is 1. The van der Waals surface area contributed by atoms with Crippen molar-refractivity contribution in [3.8, 4) is 0 Å². The summed E-state index contributed by atoms with van der Waals surface area (Å²) in [4.78, 5) is 28.1. The molecule has 140 valence electrons. The van der Waals surface area contributed by atoms with Gasteiger partial charge in [0.2, 0.25) is 0 Å². The quantitative estimate of drug-likeness (QED) is 0.503. The number of aliphatic carboxylic acids is 1. The minimum atomic E-state index is -1.06. The van der Waals surface area contributed by atoms with Crippen LogP contribution in [0.2, 0.25) is 10.0 Å². The molecule has 1 fully saturated rings. The van der Waals surface area contributed by atoms with Crippen LogP contribution in [0.3, 0.4) is 0 Å². The van der Waals surface area contributed by atoms with E-state index in [1.54, 1.807) is 30.3 Å². The summed E-state index contributed by atoms with van der Waals surface area (Å²) >= 11 is 12.3. The lowest BCUT2D eigenvalue weighted by Gasteiger charge is -2.29. The van der Waals surface area contributed by atoms with Crippen LogP contribution >= 0.6 is 23.2 Å². The van der Waals surface area contributed by atoms with Crippen molar-refractivity contribution in [2.45, 2.75) is 12.0 Å². The highest BCUT2D eigenvalue weighted by molar-refractivity contribution is 6.33. The third kappa shape index (κ3) is 4.47. The van der Waals surface area contributed by atoms with Crippen LogP contribution in [-0.2, 0) is 4.79 Å². The van der Waals surface area contributed by atoms with E-state index in [1.807, 2.05) is 0 Å². The first-order valence-electron chi connectivity index (χ1n) is 8.25. The number of carboxylic acid groups (broad SMARTS) is 1. The van der Waals surface area contributed by atoms with Crippen LogP contribution in [0.15, 0.2) is 42.6 Å². The molecule has 1 aliphatic rings. The number of hydrogen-bond donors (Lipinski definition) is 3. The molecule has 0 saturated carbocycles. The summed E-state index contributed by atoms with van der Waals surface area (Å²) in [5.74, 6) is -0.789. The molecule has 0 aliphatic carbocycles. The molecule has 2 heterocycles. The number of nitrogens with one attached hydrogen (secondary N) is 2. The summed E-state index contributed by atoms with van der Waals surface area (Å²) in [6.07, 6.45) is 4.46. The van der Waals surface area contributed by atoms with Crippen molar-refractivity contribution in [3.63, 3.8) is 0 Å². The van der Waals surface area contributed by atoms with Gasteiger partial charge in [-0.25, -0.2) is 9.78 Å². The summed E-state index contributed by atoms with van der Waals surface area (Å²) in [7, 11) is 0. The van der Waals surface area contributed by atoms with Crippen LogP contribution in [-0.4, -0.2) is 40.5 Å². The van der Waals surface area contributed by atoms with Gasteiger partial charge in [-0.05, 0) is 42.8 Å². The molecule has 1 aromatic heterocycles. The number of rotatable bonds is 6. The molecule has 1 aromatic carbocycles. The Hall–Kier alpha value is -2.41. The normalized spacial score (nSPS) is 19.3. The highest BCUT2D eigenvalue weighted by atomic mass is 35.5. The molecule has 27 heavy (non-hydrogen) atoms. The van der Waals surface area contributed by atoms with Gasteiger partial charge in [0.1, 0.15) is 11.4 Å². The zero-order chi connectivity index (χ0) is 19.4. The van der Waals surface area contributed by atoms with Gasteiger partial charge in [0, 0.05) is 29.4 Å².